The molecule has 28 heavy (non-hydrogen) atoms. The normalized spacial score (nSPS) is 12.4. The quantitative estimate of drug-likeness (QED) is 0.602. The number of aliphatic hydroxyl groups is 1. The summed E-state index contributed by atoms with van der Waals surface area (Å²) in [5.41, 5.74) is 0.514. The minimum atomic E-state index is -3.74. The lowest BCUT2D eigenvalue weighted by molar-refractivity contribution is 0.0811. The molecular formula is C21H26BNO3S2. The summed E-state index contributed by atoms with van der Waals surface area (Å²) in [6.07, 6.45) is 1.62. The first-order valence-corrected chi connectivity index (χ1v) is 11.8. The maximum Gasteiger partial charge on any atom is 0.264 e. The van der Waals surface area contributed by atoms with Crippen LogP contribution < -0.4 is 9.77 Å². The fraction of sp³-hybridized carbons (Fsp3) is 0.333. The van der Waals surface area contributed by atoms with Gasteiger partial charge in [0.1, 0.15) is 12.8 Å². The molecule has 0 fully saturated rings. The second-order valence-electron chi connectivity index (χ2n) is 7.58. The van der Waals surface area contributed by atoms with Crippen LogP contribution in [0.4, 0.5) is 5.00 Å². The largest absolute Gasteiger partial charge is 0.386 e. The van der Waals surface area contributed by atoms with Crippen LogP contribution in [0.5, 0.6) is 0 Å². The van der Waals surface area contributed by atoms with Crippen molar-refractivity contribution < 1.29 is 13.5 Å². The van der Waals surface area contributed by atoms with E-state index in [1.165, 1.54) is 15.6 Å². The molecule has 0 amide bonds. The van der Waals surface area contributed by atoms with E-state index in [1.54, 1.807) is 26.0 Å². The van der Waals surface area contributed by atoms with Gasteiger partial charge in [0.25, 0.3) is 10.0 Å². The highest BCUT2D eigenvalue weighted by Crippen LogP contribution is 2.45. The van der Waals surface area contributed by atoms with Crippen LogP contribution in [0.25, 0.3) is 10.1 Å². The maximum absolute atomic E-state index is 13.6. The van der Waals surface area contributed by atoms with Gasteiger partial charge in [-0.15, -0.1) is 11.3 Å². The van der Waals surface area contributed by atoms with Gasteiger partial charge in [-0.3, -0.25) is 4.31 Å². The van der Waals surface area contributed by atoms with Crippen molar-refractivity contribution in [1.29, 1.82) is 0 Å². The lowest BCUT2D eigenvalue weighted by Gasteiger charge is -2.28. The molecule has 0 unspecified atom stereocenters. The SMILES string of the molecule is Bc1ccc(S(=O)(=O)N(CCCC)c2sc3ccccc3c2C(C)(C)O)cc1. The van der Waals surface area contributed by atoms with Gasteiger partial charge in [0.15, 0.2) is 0 Å². The molecule has 1 N–H and O–H groups in total. The molecule has 148 valence electrons. The molecule has 0 radical (unpaired) electrons. The molecule has 3 rings (SSSR count). The van der Waals surface area contributed by atoms with Gasteiger partial charge >= 0.3 is 0 Å². The highest BCUT2D eigenvalue weighted by molar-refractivity contribution is 7.93. The van der Waals surface area contributed by atoms with Crippen molar-refractivity contribution in [3.05, 3.63) is 54.1 Å². The molecule has 0 aliphatic carbocycles. The molecular weight excluding hydrogens is 389 g/mol. The fourth-order valence-electron chi connectivity index (χ4n) is 3.27. The zero-order valence-corrected chi connectivity index (χ0v) is 18.4. The molecule has 1 aromatic heterocycles. The van der Waals surface area contributed by atoms with Gasteiger partial charge in [-0.2, -0.15) is 0 Å². The van der Waals surface area contributed by atoms with E-state index >= 15 is 0 Å². The van der Waals surface area contributed by atoms with Gasteiger partial charge in [-0.25, -0.2) is 8.42 Å². The van der Waals surface area contributed by atoms with Crippen LogP contribution in [0.2, 0.25) is 0 Å². The Morgan fingerprint density at radius 1 is 1.11 bits per heavy atom. The zero-order valence-electron chi connectivity index (χ0n) is 16.8. The molecule has 3 aromatic rings. The van der Waals surface area contributed by atoms with Crippen LogP contribution in [0.3, 0.4) is 0 Å². The monoisotopic (exact) mass is 415 g/mol. The molecule has 0 aliphatic rings. The molecule has 0 saturated heterocycles. The average Bonchev–Trinajstić information content (AvgIpc) is 3.01. The van der Waals surface area contributed by atoms with Crippen molar-refractivity contribution in [2.75, 3.05) is 10.8 Å². The molecule has 0 bridgehead atoms. The second-order valence-corrected chi connectivity index (χ2v) is 10.5. The predicted octanol–water partition coefficient (Wildman–Crippen LogP) is 3.38. The van der Waals surface area contributed by atoms with Crippen LogP contribution >= 0.6 is 11.3 Å². The Kier molecular flexibility index (Phi) is 5.89. The Morgan fingerprint density at radius 3 is 2.36 bits per heavy atom. The molecule has 1 heterocycles. The van der Waals surface area contributed by atoms with Gasteiger partial charge in [0, 0.05) is 22.2 Å². The molecule has 4 nitrogen and oxygen atoms in total. The first-order valence-electron chi connectivity index (χ1n) is 9.50. The van der Waals surface area contributed by atoms with E-state index < -0.39 is 15.6 Å². The second kappa shape index (κ2) is 7.89. The van der Waals surface area contributed by atoms with Crippen molar-refractivity contribution in [2.24, 2.45) is 0 Å². The molecule has 0 spiro atoms. The Balaban J connectivity index is 2.24. The molecule has 2 aromatic carbocycles. The minimum absolute atomic E-state index is 0.272. The summed E-state index contributed by atoms with van der Waals surface area (Å²) in [7, 11) is -1.81. The molecule has 0 aliphatic heterocycles. The first-order chi connectivity index (χ1) is 13.2. The van der Waals surface area contributed by atoms with Crippen molar-refractivity contribution in [2.45, 2.75) is 44.1 Å². The molecule has 7 heteroatoms. The minimum Gasteiger partial charge on any atom is -0.386 e. The van der Waals surface area contributed by atoms with Gasteiger partial charge in [-0.1, -0.05) is 49.1 Å². The van der Waals surface area contributed by atoms with E-state index in [2.05, 4.69) is 0 Å². The van der Waals surface area contributed by atoms with Crippen molar-refractivity contribution in [3.63, 3.8) is 0 Å². The standard InChI is InChI=1S/C21H26BNO3S2/c1-4-5-14-23(28(25,26)16-12-10-15(22)11-13-16)20-19(21(2,3)24)17-8-6-7-9-18(17)27-20/h6-13,24H,4-5,14,22H2,1-3H3. The van der Waals surface area contributed by atoms with Gasteiger partial charge in [-0.05, 0) is 38.5 Å². The first kappa shape index (κ1) is 20.9. The number of hydrogen-bond acceptors (Lipinski definition) is 4. The fourth-order valence-corrected chi connectivity index (χ4v) is 6.38. The summed E-state index contributed by atoms with van der Waals surface area (Å²) < 4.78 is 29.6. The summed E-state index contributed by atoms with van der Waals surface area (Å²) in [5.74, 6) is 0. The summed E-state index contributed by atoms with van der Waals surface area (Å²) in [6, 6.07) is 14.7. The van der Waals surface area contributed by atoms with Crippen LogP contribution in [0.1, 0.15) is 39.2 Å². The molecule has 0 atom stereocenters. The number of thiophene rings is 1. The third-order valence-electron chi connectivity index (χ3n) is 4.74. The van der Waals surface area contributed by atoms with Gasteiger partial charge in [0.2, 0.25) is 0 Å². The number of fused-ring (bicyclic) bond motifs is 1. The van der Waals surface area contributed by atoms with E-state index in [0.29, 0.717) is 17.1 Å². The topological polar surface area (TPSA) is 57.6 Å². The predicted molar refractivity (Wildman–Crippen MR) is 121 cm³/mol. The van der Waals surface area contributed by atoms with E-state index in [0.717, 1.165) is 28.4 Å². The summed E-state index contributed by atoms with van der Waals surface area (Å²) in [4.78, 5) is 0.272. The van der Waals surface area contributed by atoms with Crippen molar-refractivity contribution in [1.82, 2.24) is 0 Å². The smallest absolute Gasteiger partial charge is 0.264 e. The van der Waals surface area contributed by atoms with E-state index in [-0.39, 0.29) is 4.90 Å². The Bertz CT molecular complexity index is 1070. The van der Waals surface area contributed by atoms with E-state index in [9.17, 15) is 13.5 Å². The highest BCUT2D eigenvalue weighted by atomic mass is 32.2. The zero-order chi connectivity index (χ0) is 20.5. The van der Waals surface area contributed by atoms with E-state index in [1.807, 2.05) is 51.2 Å². The number of hydrogen-bond donors (Lipinski definition) is 1. The lowest BCUT2D eigenvalue weighted by Crippen LogP contribution is -2.33. The summed E-state index contributed by atoms with van der Waals surface area (Å²) in [6.45, 7) is 5.84. The summed E-state index contributed by atoms with van der Waals surface area (Å²) >= 11 is 1.42. The van der Waals surface area contributed by atoms with Crippen LogP contribution in [0, 0.1) is 0 Å². The third-order valence-corrected chi connectivity index (χ3v) is 7.86. The highest BCUT2D eigenvalue weighted by Gasteiger charge is 2.33. The molecule has 0 saturated carbocycles. The Hall–Kier alpha value is -1.83. The summed E-state index contributed by atoms with van der Waals surface area (Å²) in [5, 5.41) is 12.4. The Labute approximate surface area is 172 Å². The number of sulfonamides is 1. The number of anilines is 1. The van der Waals surface area contributed by atoms with Gasteiger partial charge in [0.05, 0.1) is 10.5 Å². The number of benzene rings is 2. The average molecular weight is 415 g/mol. The Morgan fingerprint density at radius 2 is 1.75 bits per heavy atom. The lowest BCUT2D eigenvalue weighted by atomic mass is 9.97. The maximum atomic E-state index is 13.6. The van der Waals surface area contributed by atoms with Crippen LogP contribution in [-0.2, 0) is 15.6 Å². The number of unbranched alkanes of at least 4 members (excludes halogenated alkanes) is 1. The number of rotatable bonds is 7. The third kappa shape index (κ3) is 3.97. The number of nitrogens with zero attached hydrogens (tertiary/aromatic N) is 1. The van der Waals surface area contributed by atoms with Gasteiger partial charge < -0.3 is 5.11 Å². The van der Waals surface area contributed by atoms with Crippen LogP contribution in [-0.4, -0.2) is 27.9 Å². The van der Waals surface area contributed by atoms with E-state index in [4.69, 9.17) is 0 Å². The van der Waals surface area contributed by atoms with Crippen molar-refractivity contribution >= 4 is 49.8 Å². The van der Waals surface area contributed by atoms with Crippen LogP contribution in [0.15, 0.2) is 53.4 Å². The van der Waals surface area contributed by atoms with Crippen molar-refractivity contribution in [3.8, 4) is 0 Å².